The maximum atomic E-state index is 12.1. The van der Waals surface area contributed by atoms with Gasteiger partial charge in [0.1, 0.15) is 11.4 Å². The second kappa shape index (κ2) is 4.85. The van der Waals surface area contributed by atoms with Gasteiger partial charge in [-0.1, -0.05) is 52.2 Å². The van der Waals surface area contributed by atoms with Crippen LogP contribution in [-0.4, -0.2) is 16.5 Å². The molecule has 0 aromatic carbocycles. The molecule has 4 aliphatic rings. The smallest absolute Gasteiger partial charge is 0.136 e. The van der Waals surface area contributed by atoms with Gasteiger partial charge in [0.15, 0.2) is 0 Å². The molecule has 3 fully saturated rings. The molecule has 0 bridgehead atoms. The van der Waals surface area contributed by atoms with Gasteiger partial charge >= 0.3 is 0 Å². The molecule has 6 atom stereocenters. The van der Waals surface area contributed by atoms with E-state index in [1.807, 2.05) is 0 Å². The number of aliphatic hydroxyl groups is 1. The number of rotatable bonds is 0. The highest BCUT2D eigenvalue weighted by atomic mass is 16.3. The third-order valence-corrected chi connectivity index (χ3v) is 10.9. The molecule has 0 spiro atoms. The van der Waals surface area contributed by atoms with Crippen molar-refractivity contribution in [3.63, 3.8) is 0 Å². The minimum Gasteiger partial charge on any atom is -0.377 e. The van der Waals surface area contributed by atoms with E-state index in [0.717, 1.165) is 32.1 Å². The highest BCUT2D eigenvalue weighted by Crippen LogP contribution is 2.81. The quantitative estimate of drug-likeness (QED) is 0.488. The van der Waals surface area contributed by atoms with Crippen LogP contribution in [0.25, 0.3) is 0 Å². The van der Waals surface area contributed by atoms with Crippen LogP contribution in [0.4, 0.5) is 0 Å². The number of carbonyl (C=O) groups excluding carboxylic acids is 1. The lowest BCUT2D eigenvalue weighted by Gasteiger charge is -2.73. The van der Waals surface area contributed by atoms with Crippen LogP contribution in [0.15, 0.2) is 11.6 Å². The second-order valence-electron chi connectivity index (χ2n) is 10.8. The number of carbonyl (C=O) groups is 1. The number of hydrogen-bond donors (Lipinski definition) is 1. The van der Waals surface area contributed by atoms with E-state index in [1.54, 1.807) is 0 Å². The van der Waals surface area contributed by atoms with E-state index in [9.17, 15) is 9.90 Å². The van der Waals surface area contributed by atoms with E-state index in [1.165, 1.54) is 5.57 Å². The van der Waals surface area contributed by atoms with Crippen molar-refractivity contribution >= 4 is 5.78 Å². The van der Waals surface area contributed by atoms with E-state index < -0.39 is 5.60 Å². The summed E-state index contributed by atoms with van der Waals surface area (Å²) in [5.41, 5.74) is 0.377. The topological polar surface area (TPSA) is 37.3 Å². The molecule has 0 heterocycles. The van der Waals surface area contributed by atoms with Crippen molar-refractivity contribution in [2.75, 3.05) is 0 Å². The van der Waals surface area contributed by atoms with Crippen molar-refractivity contribution in [3.05, 3.63) is 11.6 Å². The Bertz CT molecular complexity index is 759. The molecule has 0 radical (unpaired) electrons. The zero-order chi connectivity index (χ0) is 19.2. The first-order valence-corrected chi connectivity index (χ1v) is 10.3. The third kappa shape index (κ3) is 1.60. The average molecular weight is 355 g/mol. The summed E-state index contributed by atoms with van der Waals surface area (Å²) in [6.07, 6.45) is 15.3. The van der Waals surface area contributed by atoms with Gasteiger partial charge < -0.3 is 5.11 Å². The standard InChI is InChI=1S/C24H34O2/c1-7-24(26)15-14-22(5)21(4)11-8-17-16-18(25)9-10-19(17,2)20(21,3)12-13-23(22,24)6/h1,8,26H,9-16H2,2-6H3. The molecular formula is C24H34O2. The summed E-state index contributed by atoms with van der Waals surface area (Å²) >= 11 is 0. The van der Waals surface area contributed by atoms with Gasteiger partial charge in [0, 0.05) is 18.3 Å². The first-order valence-electron chi connectivity index (χ1n) is 10.3. The van der Waals surface area contributed by atoms with E-state index >= 15 is 0 Å². The Balaban J connectivity index is 1.91. The highest BCUT2D eigenvalue weighted by Gasteiger charge is 2.76. The molecule has 0 amide bonds. The van der Waals surface area contributed by atoms with E-state index in [4.69, 9.17) is 6.42 Å². The zero-order valence-corrected chi connectivity index (χ0v) is 17.2. The van der Waals surface area contributed by atoms with Crippen molar-refractivity contribution in [1.82, 2.24) is 0 Å². The summed E-state index contributed by atoms with van der Waals surface area (Å²) in [7, 11) is 0. The van der Waals surface area contributed by atoms with Crippen molar-refractivity contribution < 1.29 is 9.90 Å². The molecule has 0 saturated heterocycles. The number of allylic oxidation sites excluding steroid dienone is 2. The SMILES string of the molecule is C#CC1(O)CCC2(C)C1(C)CCC1(C)C3(C)CCC(=O)CC3=CCC12C. The Morgan fingerprint density at radius 1 is 0.923 bits per heavy atom. The lowest BCUT2D eigenvalue weighted by molar-refractivity contribution is -0.233. The van der Waals surface area contributed by atoms with Crippen molar-refractivity contribution in [1.29, 1.82) is 0 Å². The summed E-state index contributed by atoms with van der Waals surface area (Å²) in [5.74, 6) is 3.20. The van der Waals surface area contributed by atoms with Crippen LogP contribution in [0.1, 0.15) is 86.0 Å². The van der Waals surface area contributed by atoms with Crippen LogP contribution < -0.4 is 0 Å². The zero-order valence-electron chi connectivity index (χ0n) is 17.2. The molecule has 6 unspecified atom stereocenters. The lowest BCUT2D eigenvalue weighted by Crippen LogP contribution is -2.68. The van der Waals surface area contributed by atoms with E-state index in [0.29, 0.717) is 25.0 Å². The highest BCUT2D eigenvalue weighted by molar-refractivity contribution is 5.82. The first-order chi connectivity index (χ1) is 11.9. The Morgan fingerprint density at radius 3 is 2.19 bits per heavy atom. The van der Waals surface area contributed by atoms with Crippen molar-refractivity contribution in [3.8, 4) is 12.3 Å². The molecule has 0 aliphatic heterocycles. The van der Waals surface area contributed by atoms with Crippen LogP contribution >= 0.6 is 0 Å². The number of terminal acetylenes is 1. The fourth-order valence-corrected chi connectivity index (χ4v) is 8.06. The number of fused-ring (bicyclic) bond motifs is 5. The number of hydrogen-bond acceptors (Lipinski definition) is 2. The Morgan fingerprint density at radius 2 is 1.54 bits per heavy atom. The molecule has 142 valence electrons. The molecular weight excluding hydrogens is 320 g/mol. The molecule has 2 nitrogen and oxygen atoms in total. The molecule has 0 aromatic heterocycles. The summed E-state index contributed by atoms with van der Waals surface area (Å²) in [4.78, 5) is 12.1. The Hall–Kier alpha value is -1.07. The summed E-state index contributed by atoms with van der Waals surface area (Å²) in [6.45, 7) is 12.0. The Labute approximate surface area is 158 Å². The van der Waals surface area contributed by atoms with Crippen molar-refractivity contribution in [2.24, 2.45) is 27.1 Å². The maximum absolute atomic E-state index is 12.1. The van der Waals surface area contributed by atoms with Gasteiger partial charge in [-0.05, 0) is 60.2 Å². The molecule has 1 N–H and O–H groups in total. The van der Waals surface area contributed by atoms with Gasteiger partial charge in [-0.15, -0.1) is 6.42 Å². The number of ketones is 1. The molecule has 3 saturated carbocycles. The van der Waals surface area contributed by atoms with Crippen LogP contribution in [0.2, 0.25) is 0 Å². The lowest BCUT2D eigenvalue weighted by atomic mass is 9.31. The van der Waals surface area contributed by atoms with Gasteiger partial charge in [-0.3, -0.25) is 4.79 Å². The molecule has 26 heavy (non-hydrogen) atoms. The monoisotopic (exact) mass is 354 g/mol. The van der Waals surface area contributed by atoms with Crippen LogP contribution in [0.5, 0.6) is 0 Å². The molecule has 2 heteroatoms. The average Bonchev–Trinajstić information content (AvgIpc) is 2.82. The third-order valence-electron chi connectivity index (χ3n) is 10.9. The van der Waals surface area contributed by atoms with Gasteiger partial charge in [0.25, 0.3) is 0 Å². The Kier molecular flexibility index (Phi) is 3.41. The predicted octanol–water partition coefficient (Wildman–Crippen LogP) is 5.05. The second-order valence-corrected chi connectivity index (χ2v) is 10.8. The van der Waals surface area contributed by atoms with Gasteiger partial charge in [0.2, 0.25) is 0 Å². The minimum atomic E-state index is -1.00. The van der Waals surface area contributed by atoms with Crippen LogP contribution in [0, 0.1) is 39.4 Å². The molecule has 4 aliphatic carbocycles. The molecule has 0 aromatic rings. The largest absolute Gasteiger partial charge is 0.377 e. The fourth-order valence-electron chi connectivity index (χ4n) is 8.06. The molecule has 4 rings (SSSR count). The van der Waals surface area contributed by atoms with Gasteiger partial charge in [0.05, 0.1) is 0 Å². The summed E-state index contributed by atoms with van der Waals surface area (Å²) < 4.78 is 0. The number of Topliss-reactive ketones (excluding diaryl/α,β-unsaturated/α-hetero) is 1. The minimum absolute atomic E-state index is 0.0133. The van der Waals surface area contributed by atoms with Crippen molar-refractivity contribution in [2.45, 2.75) is 91.6 Å². The van der Waals surface area contributed by atoms with Gasteiger partial charge in [-0.25, -0.2) is 0 Å². The summed E-state index contributed by atoms with van der Waals surface area (Å²) in [5, 5.41) is 11.3. The summed E-state index contributed by atoms with van der Waals surface area (Å²) in [6, 6.07) is 0. The van der Waals surface area contributed by atoms with Gasteiger partial charge in [-0.2, -0.15) is 0 Å². The van der Waals surface area contributed by atoms with E-state index in [2.05, 4.69) is 46.6 Å². The normalized spacial score (nSPS) is 56.0. The van der Waals surface area contributed by atoms with Crippen LogP contribution in [0.3, 0.4) is 0 Å². The maximum Gasteiger partial charge on any atom is 0.136 e. The van der Waals surface area contributed by atoms with E-state index in [-0.39, 0.29) is 27.1 Å². The first kappa shape index (κ1) is 18.3. The van der Waals surface area contributed by atoms with Crippen LogP contribution in [-0.2, 0) is 4.79 Å². The fraction of sp³-hybridized carbons (Fsp3) is 0.792. The predicted molar refractivity (Wildman–Crippen MR) is 104 cm³/mol.